The maximum atomic E-state index is 11.8. The molecule has 4 aromatic rings. The zero-order valence-corrected chi connectivity index (χ0v) is 17.0. The number of hydrogen-bond acceptors (Lipinski definition) is 3. The summed E-state index contributed by atoms with van der Waals surface area (Å²) in [6.45, 7) is 0.426. The van der Waals surface area contributed by atoms with Gasteiger partial charge in [-0.3, -0.25) is 0 Å². The van der Waals surface area contributed by atoms with E-state index in [-0.39, 0.29) is 5.56 Å². The minimum Gasteiger partial charge on any atom is -0.488 e. The van der Waals surface area contributed by atoms with Gasteiger partial charge in [-0.1, -0.05) is 42.5 Å². The van der Waals surface area contributed by atoms with Gasteiger partial charge in [-0.15, -0.1) is 0 Å². The summed E-state index contributed by atoms with van der Waals surface area (Å²) in [5, 5.41) is 10.3. The second-order valence-electron chi connectivity index (χ2n) is 6.29. The number of ether oxygens (including phenoxy) is 1. The molecule has 0 amide bonds. The standard InChI is InChI=1S/C23H16INO3/c24-16-10-11-20-18(12-16)19(23(26)27)13-21(25-20)17-8-4-5-9-22(17)28-14-15-6-2-1-3-7-15/h1-13H,14H2,(H,26,27). The summed E-state index contributed by atoms with van der Waals surface area (Å²) in [5.41, 5.74) is 3.28. The minimum absolute atomic E-state index is 0.233. The van der Waals surface area contributed by atoms with Crippen molar-refractivity contribution in [2.24, 2.45) is 0 Å². The topological polar surface area (TPSA) is 59.4 Å². The molecule has 0 fully saturated rings. The first-order valence-corrected chi connectivity index (χ1v) is 9.79. The highest BCUT2D eigenvalue weighted by atomic mass is 127. The molecule has 4 rings (SSSR count). The Morgan fingerprint density at radius 2 is 1.71 bits per heavy atom. The van der Waals surface area contributed by atoms with Gasteiger partial charge in [0.1, 0.15) is 12.4 Å². The molecule has 1 heterocycles. The lowest BCUT2D eigenvalue weighted by Crippen LogP contribution is -2.02. The minimum atomic E-state index is -0.974. The van der Waals surface area contributed by atoms with Crippen molar-refractivity contribution in [2.75, 3.05) is 0 Å². The normalized spacial score (nSPS) is 10.8. The number of nitrogens with zero attached hydrogens (tertiary/aromatic N) is 1. The highest BCUT2D eigenvalue weighted by Crippen LogP contribution is 2.32. The molecule has 28 heavy (non-hydrogen) atoms. The van der Waals surface area contributed by atoms with Crippen LogP contribution in [-0.4, -0.2) is 16.1 Å². The Bertz CT molecular complexity index is 1160. The molecule has 1 aromatic heterocycles. The zero-order valence-electron chi connectivity index (χ0n) is 14.8. The molecule has 0 aliphatic carbocycles. The van der Waals surface area contributed by atoms with Gasteiger partial charge in [-0.05, 0) is 64.6 Å². The van der Waals surface area contributed by atoms with E-state index < -0.39 is 5.97 Å². The molecule has 0 atom stereocenters. The third-order valence-electron chi connectivity index (χ3n) is 4.40. The van der Waals surface area contributed by atoms with E-state index in [9.17, 15) is 9.90 Å². The summed E-state index contributed by atoms with van der Waals surface area (Å²) in [6, 6.07) is 24.7. The van der Waals surface area contributed by atoms with Crippen LogP contribution in [0.15, 0.2) is 78.9 Å². The molecule has 0 saturated carbocycles. The van der Waals surface area contributed by atoms with Gasteiger partial charge in [0.05, 0.1) is 16.8 Å². The van der Waals surface area contributed by atoms with Crippen molar-refractivity contribution in [1.82, 2.24) is 4.98 Å². The number of fused-ring (bicyclic) bond motifs is 1. The number of carboxylic acid groups (broad SMARTS) is 1. The summed E-state index contributed by atoms with van der Waals surface area (Å²) in [4.78, 5) is 16.5. The van der Waals surface area contributed by atoms with Crippen molar-refractivity contribution in [3.05, 3.63) is 93.6 Å². The Balaban J connectivity index is 1.78. The molecule has 138 valence electrons. The van der Waals surface area contributed by atoms with Crippen molar-refractivity contribution >= 4 is 39.5 Å². The van der Waals surface area contributed by atoms with E-state index in [0.29, 0.717) is 29.0 Å². The lowest BCUT2D eigenvalue weighted by atomic mass is 10.0. The quantitative estimate of drug-likeness (QED) is 0.367. The van der Waals surface area contributed by atoms with E-state index in [1.54, 1.807) is 6.07 Å². The van der Waals surface area contributed by atoms with Crippen LogP contribution < -0.4 is 4.74 Å². The largest absolute Gasteiger partial charge is 0.488 e. The number of halogens is 1. The highest BCUT2D eigenvalue weighted by Gasteiger charge is 2.15. The van der Waals surface area contributed by atoms with Crippen molar-refractivity contribution < 1.29 is 14.6 Å². The lowest BCUT2D eigenvalue weighted by molar-refractivity contribution is 0.0699. The maximum absolute atomic E-state index is 11.8. The predicted octanol–water partition coefficient (Wildman–Crippen LogP) is 5.78. The Kier molecular flexibility index (Phi) is 5.25. The second-order valence-corrected chi connectivity index (χ2v) is 7.54. The van der Waals surface area contributed by atoms with Gasteiger partial charge in [0.2, 0.25) is 0 Å². The third kappa shape index (κ3) is 3.84. The third-order valence-corrected chi connectivity index (χ3v) is 5.07. The molecule has 3 aromatic carbocycles. The Morgan fingerprint density at radius 3 is 2.50 bits per heavy atom. The zero-order chi connectivity index (χ0) is 19.5. The Hall–Kier alpha value is -2.93. The molecule has 0 aliphatic rings. The summed E-state index contributed by atoms with van der Waals surface area (Å²) in [7, 11) is 0. The van der Waals surface area contributed by atoms with Crippen LogP contribution in [0, 0.1) is 3.57 Å². The summed E-state index contributed by atoms with van der Waals surface area (Å²) in [6.07, 6.45) is 0. The van der Waals surface area contributed by atoms with Crippen LogP contribution >= 0.6 is 22.6 Å². The second kappa shape index (κ2) is 7.98. The average Bonchev–Trinajstić information content (AvgIpc) is 2.72. The first kappa shape index (κ1) is 18.4. The van der Waals surface area contributed by atoms with Crippen molar-refractivity contribution in [2.45, 2.75) is 6.61 Å². The van der Waals surface area contributed by atoms with Crippen LogP contribution in [0.5, 0.6) is 5.75 Å². The number of carbonyl (C=O) groups is 1. The van der Waals surface area contributed by atoms with E-state index in [1.807, 2.05) is 72.8 Å². The number of benzene rings is 3. The van der Waals surface area contributed by atoms with Crippen LogP contribution in [-0.2, 0) is 6.61 Å². The molecule has 0 aliphatic heterocycles. The van der Waals surface area contributed by atoms with Crippen molar-refractivity contribution in [3.8, 4) is 17.0 Å². The van der Waals surface area contributed by atoms with Crippen LogP contribution in [0.4, 0.5) is 0 Å². The smallest absolute Gasteiger partial charge is 0.336 e. The number of aromatic carboxylic acids is 1. The number of rotatable bonds is 5. The summed E-state index contributed by atoms with van der Waals surface area (Å²) >= 11 is 2.17. The van der Waals surface area contributed by atoms with E-state index in [4.69, 9.17) is 9.72 Å². The SMILES string of the molecule is O=C(O)c1cc(-c2ccccc2OCc2ccccc2)nc2ccc(I)cc12. The number of hydrogen-bond donors (Lipinski definition) is 1. The number of pyridine rings is 1. The molecule has 0 spiro atoms. The van der Waals surface area contributed by atoms with Crippen LogP contribution in [0.3, 0.4) is 0 Å². The molecular weight excluding hydrogens is 465 g/mol. The molecule has 0 bridgehead atoms. The van der Waals surface area contributed by atoms with Gasteiger partial charge in [0.15, 0.2) is 0 Å². The molecular formula is C23H16INO3. The van der Waals surface area contributed by atoms with Crippen LogP contribution in [0.2, 0.25) is 0 Å². The number of aromatic nitrogens is 1. The molecule has 4 nitrogen and oxygen atoms in total. The van der Waals surface area contributed by atoms with E-state index in [0.717, 1.165) is 14.7 Å². The fourth-order valence-electron chi connectivity index (χ4n) is 3.05. The molecule has 0 unspecified atom stereocenters. The molecule has 0 radical (unpaired) electrons. The monoisotopic (exact) mass is 481 g/mol. The summed E-state index contributed by atoms with van der Waals surface area (Å²) < 4.78 is 6.99. The van der Waals surface area contributed by atoms with E-state index in [2.05, 4.69) is 22.6 Å². The Morgan fingerprint density at radius 1 is 0.964 bits per heavy atom. The van der Waals surface area contributed by atoms with Gasteiger partial charge < -0.3 is 9.84 Å². The number of para-hydroxylation sites is 1. The van der Waals surface area contributed by atoms with Crippen LogP contribution in [0.25, 0.3) is 22.2 Å². The lowest BCUT2D eigenvalue weighted by Gasteiger charge is -2.13. The fraction of sp³-hybridized carbons (Fsp3) is 0.0435. The summed E-state index contributed by atoms with van der Waals surface area (Å²) in [5.74, 6) is -0.307. The number of carboxylic acids is 1. The average molecular weight is 481 g/mol. The van der Waals surface area contributed by atoms with Crippen molar-refractivity contribution in [3.63, 3.8) is 0 Å². The van der Waals surface area contributed by atoms with E-state index >= 15 is 0 Å². The molecule has 5 heteroatoms. The van der Waals surface area contributed by atoms with Gasteiger partial charge in [-0.2, -0.15) is 0 Å². The predicted molar refractivity (Wildman–Crippen MR) is 118 cm³/mol. The van der Waals surface area contributed by atoms with Crippen molar-refractivity contribution in [1.29, 1.82) is 0 Å². The van der Waals surface area contributed by atoms with Gasteiger partial charge in [-0.25, -0.2) is 9.78 Å². The van der Waals surface area contributed by atoms with E-state index in [1.165, 1.54) is 0 Å². The molecule has 1 N–H and O–H groups in total. The maximum Gasteiger partial charge on any atom is 0.336 e. The van der Waals surface area contributed by atoms with Gasteiger partial charge >= 0.3 is 5.97 Å². The first-order chi connectivity index (χ1) is 13.6. The van der Waals surface area contributed by atoms with Crippen LogP contribution in [0.1, 0.15) is 15.9 Å². The van der Waals surface area contributed by atoms with Gasteiger partial charge in [0.25, 0.3) is 0 Å². The molecule has 0 saturated heterocycles. The fourth-order valence-corrected chi connectivity index (χ4v) is 3.54. The Labute approximate surface area is 176 Å². The first-order valence-electron chi connectivity index (χ1n) is 8.71. The highest BCUT2D eigenvalue weighted by molar-refractivity contribution is 14.1. The van der Waals surface area contributed by atoms with Gasteiger partial charge in [0, 0.05) is 14.5 Å².